The molecule has 1 amide bonds. The van der Waals surface area contributed by atoms with Crippen molar-refractivity contribution in [1.29, 1.82) is 0 Å². The van der Waals surface area contributed by atoms with E-state index >= 15 is 0 Å². The van der Waals surface area contributed by atoms with E-state index in [9.17, 15) is 23.3 Å². The molecule has 0 aliphatic rings. The van der Waals surface area contributed by atoms with Gasteiger partial charge in [0.05, 0.1) is 22.6 Å². The van der Waals surface area contributed by atoms with Crippen LogP contribution in [0.5, 0.6) is 5.75 Å². The summed E-state index contributed by atoms with van der Waals surface area (Å²) >= 11 is 5.80. The lowest BCUT2D eigenvalue weighted by Crippen LogP contribution is -2.16. The number of sulfonamides is 1. The number of benzene rings is 3. The highest BCUT2D eigenvalue weighted by molar-refractivity contribution is 7.92. The molecule has 0 radical (unpaired) electrons. The minimum Gasteiger partial charge on any atom is -0.495 e. The normalized spacial score (nSPS) is 10.9. The lowest BCUT2D eigenvalue weighted by molar-refractivity contribution is -0.384. The maximum absolute atomic E-state index is 12.7. The number of nitrogens with zero attached hydrogens (tertiary/aromatic N) is 1. The number of non-ortho nitro benzene ring substituents is 1. The number of anilines is 2. The maximum Gasteiger partial charge on any atom is 0.271 e. The number of ether oxygens (including phenoxy) is 1. The molecule has 0 bridgehead atoms. The molecule has 0 aromatic heterocycles. The Morgan fingerprint density at radius 3 is 2.42 bits per heavy atom. The Balaban J connectivity index is 1.86. The fourth-order valence-corrected chi connectivity index (χ4v) is 3.87. The largest absolute Gasteiger partial charge is 0.495 e. The second kappa shape index (κ2) is 9.02. The van der Waals surface area contributed by atoms with Crippen molar-refractivity contribution < 1.29 is 22.9 Å². The molecule has 0 fully saturated rings. The molecule has 0 saturated carbocycles. The van der Waals surface area contributed by atoms with Crippen LogP contribution in [-0.2, 0) is 10.0 Å². The molecule has 3 aromatic rings. The molecule has 0 atom stereocenters. The van der Waals surface area contributed by atoms with Crippen LogP contribution in [0.4, 0.5) is 17.1 Å². The highest BCUT2D eigenvalue weighted by Gasteiger charge is 2.18. The van der Waals surface area contributed by atoms with Gasteiger partial charge in [0.1, 0.15) is 5.75 Å². The number of nitro groups is 1. The Kier molecular flexibility index (Phi) is 6.42. The molecular formula is C20H16ClN3O6S. The van der Waals surface area contributed by atoms with Gasteiger partial charge >= 0.3 is 0 Å². The topological polar surface area (TPSA) is 128 Å². The molecule has 160 valence electrons. The first-order valence-corrected chi connectivity index (χ1v) is 10.6. The van der Waals surface area contributed by atoms with E-state index in [1.54, 1.807) is 0 Å². The zero-order chi connectivity index (χ0) is 22.6. The lowest BCUT2D eigenvalue weighted by Gasteiger charge is -2.12. The van der Waals surface area contributed by atoms with Crippen molar-refractivity contribution in [3.63, 3.8) is 0 Å². The Hall–Kier alpha value is -3.63. The zero-order valence-electron chi connectivity index (χ0n) is 16.0. The van der Waals surface area contributed by atoms with Crippen LogP contribution >= 0.6 is 11.6 Å². The summed E-state index contributed by atoms with van der Waals surface area (Å²) < 4.78 is 32.9. The molecule has 0 unspecified atom stereocenters. The fourth-order valence-electron chi connectivity index (χ4n) is 2.64. The van der Waals surface area contributed by atoms with Crippen molar-refractivity contribution in [2.24, 2.45) is 0 Å². The van der Waals surface area contributed by atoms with E-state index in [1.165, 1.54) is 67.8 Å². The number of carbonyl (C=O) groups excluding carboxylic acids is 1. The summed E-state index contributed by atoms with van der Waals surface area (Å²) in [5.41, 5.74) is 0.182. The van der Waals surface area contributed by atoms with Crippen LogP contribution in [-0.4, -0.2) is 26.4 Å². The Morgan fingerprint density at radius 2 is 1.77 bits per heavy atom. The summed E-state index contributed by atoms with van der Waals surface area (Å²) in [7, 11) is -2.62. The second-order valence-electron chi connectivity index (χ2n) is 6.24. The van der Waals surface area contributed by atoms with Crippen molar-refractivity contribution >= 4 is 44.6 Å². The van der Waals surface area contributed by atoms with E-state index in [0.29, 0.717) is 10.7 Å². The molecule has 3 rings (SSSR count). The predicted octanol–water partition coefficient (Wildman–Crippen LogP) is 4.31. The molecule has 0 aliphatic heterocycles. The summed E-state index contributed by atoms with van der Waals surface area (Å²) in [4.78, 5) is 22.9. The zero-order valence-corrected chi connectivity index (χ0v) is 17.6. The summed E-state index contributed by atoms with van der Waals surface area (Å²) in [6.45, 7) is 0. The van der Waals surface area contributed by atoms with Gasteiger partial charge in [-0.1, -0.05) is 17.7 Å². The van der Waals surface area contributed by atoms with Crippen LogP contribution in [0.2, 0.25) is 5.02 Å². The Labute approximate surface area is 182 Å². The molecule has 0 saturated heterocycles. The third-order valence-corrected chi connectivity index (χ3v) is 5.78. The van der Waals surface area contributed by atoms with E-state index in [-0.39, 0.29) is 27.6 Å². The van der Waals surface area contributed by atoms with Crippen LogP contribution in [0, 0.1) is 10.1 Å². The van der Waals surface area contributed by atoms with Crippen molar-refractivity contribution in [3.8, 4) is 5.75 Å². The summed E-state index contributed by atoms with van der Waals surface area (Å²) in [6, 6.07) is 15.2. The highest BCUT2D eigenvalue weighted by Crippen LogP contribution is 2.29. The Bertz CT molecular complexity index is 1250. The molecule has 3 aromatic carbocycles. The van der Waals surface area contributed by atoms with Gasteiger partial charge in [-0.25, -0.2) is 8.42 Å². The molecule has 9 nitrogen and oxygen atoms in total. The van der Waals surface area contributed by atoms with Gasteiger partial charge in [0.25, 0.3) is 21.6 Å². The van der Waals surface area contributed by atoms with Crippen molar-refractivity contribution in [3.05, 3.63) is 87.4 Å². The van der Waals surface area contributed by atoms with Crippen LogP contribution in [0.3, 0.4) is 0 Å². The van der Waals surface area contributed by atoms with Crippen molar-refractivity contribution in [2.75, 3.05) is 17.1 Å². The van der Waals surface area contributed by atoms with Gasteiger partial charge in [-0.2, -0.15) is 0 Å². The third kappa shape index (κ3) is 5.30. The molecule has 11 heteroatoms. The number of nitrogens with one attached hydrogen (secondary N) is 2. The molecular weight excluding hydrogens is 446 g/mol. The standard InChI is InChI=1S/C20H16ClN3O6S/c1-30-19-10-9-16(24(26)27)12-18(19)22-20(25)13-3-2-4-17(11-13)31(28,29)23-15-7-5-14(21)6-8-15/h2-12,23H,1H3,(H,22,25). The number of hydrogen-bond donors (Lipinski definition) is 2. The monoisotopic (exact) mass is 461 g/mol. The summed E-state index contributed by atoms with van der Waals surface area (Å²) in [6.07, 6.45) is 0. The van der Waals surface area contributed by atoms with Crippen LogP contribution in [0.1, 0.15) is 10.4 Å². The number of amides is 1. The van der Waals surface area contributed by atoms with E-state index in [0.717, 1.165) is 6.07 Å². The quantitative estimate of drug-likeness (QED) is 0.398. The van der Waals surface area contributed by atoms with Crippen LogP contribution in [0.25, 0.3) is 0 Å². The van der Waals surface area contributed by atoms with Gasteiger partial charge in [-0.15, -0.1) is 0 Å². The minimum absolute atomic E-state index is 0.0348. The third-order valence-electron chi connectivity index (χ3n) is 4.15. The fraction of sp³-hybridized carbons (Fsp3) is 0.0500. The van der Waals surface area contributed by atoms with E-state index in [4.69, 9.17) is 16.3 Å². The van der Waals surface area contributed by atoms with E-state index in [1.807, 2.05) is 0 Å². The lowest BCUT2D eigenvalue weighted by atomic mass is 10.2. The molecule has 31 heavy (non-hydrogen) atoms. The summed E-state index contributed by atoms with van der Waals surface area (Å²) in [5, 5.41) is 14.0. The number of carbonyl (C=O) groups is 1. The van der Waals surface area contributed by atoms with Gasteiger partial charge in [0, 0.05) is 28.4 Å². The first-order valence-electron chi connectivity index (χ1n) is 8.72. The molecule has 2 N–H and O–H groups in total. The average Bonchev–Trinajstić information content (AvgIpc) is 2.75. The van der Waals surface area contributed by atoms with Gasteiger partial charge in [0.15, 0.2) is 0 Å². The summed E-state index contributed by atoms with van der Waals surface area (Å²) in [5.74, 6) is -0.450. The van der Waals surface area contributed by atoms with Crippen molar-refractivity contribution in [2.45, 2.75) is 4.90 Å². The SMILES string of the molecule is COc1ccc([N+](=O)[O-])cc1NC(=O)c1cccc(S(=O)(=O)Nc2ccc(Cl)cc2)c1. The van der Waals surface area contributed by atoms with Gasteiger partial charge in [0.2, 0.25) is 0 Å². The maximum atomic E-state index is 12.7. The number of rotatable bonds is 7. The first kappa shape index (κ1) is 22.1. The minimum atomic E-state index is -3.97. The first-order chi connectivity index (χ1) is 14.7. The molecule has 0 aliphatic carbocycles. The van der Waals surface area contributed by atoms with E-state index < -0.39 is 20.9 Å². The second-order valence-corrected chi connectivity index (χ2v) is 8.35. The average molecular weight is 462 g/mol. The molecule has 0 heterocycles. The predicted molar refractivity (Wildman–Crippen MR) is 116 cm³/mol. The molecule has 0 spiro atoms. The number of nitro benzene ring substituents is 1. The van der Waals surface area contributed by atoms with Gasteiger partial charge in [-0.05, 0) is 48.5 Å². The van der Waals surface area contributed by atoms with Crippen LogP contribution < -0.4 is 14.8 Å². The Morgan fingerprint density at radius 1 is 1.06 bits per heavy atom. The number of halogens is 1. The number of hydrogen-bond acceptors (Lipinski definition) is 6. The highest BCUT2D eigenvalue weighted by atomic mass is 35.5. The smallest absolute Gasteiger partial charge is 0.271 e. The van der Waals surface area contributed by atoms with Gasteiger partial charge in [-0.3, -0.25) is 19.6 Å². The number of methoxy groups -OCH3 is 1. The van der Waals surface area contributed by atoms with Crippen LogP contribution in [0.15, 0.2) is 71.6 Å². The van der Waals surface area contributed by atoms with Crippen molar-refractivity contribution in [1.82, 2.24) is 0 Å². The van der Waals surface area contributed by atoms with E-state index in [2.05, 4.69) is 10.0 Å². The van der Waals surface area contributed by atoms with Gasteiger partial charge < -0.3 is 10.1 Å².